The minimum atomic E-state index is -0.703. The lowest BCUT2D eigenvalue weighted by Gasteiger charge is -2.05. The summed E-state index contributed by atoms with van der Waals surface area (Å²) in [6.45, 7) is 4.60. The third-order valence-corrected chi connectivity index (χ3v) is 3.09. The van der Waals surface area contributed by atoms with Crippen LogP contribution in [0.15, 0.2) is 0 Å². The Morgan fingerprint density at radius 3 is 1.70 bits per heavy atom. The van der Waals surface area contributed by atoms with Gasteiger partial charge in [0.25, 0.3) is 0 Å². The Hall–Kier alpha value is -0.690. The topological polar surface area (TPSA) is 93.6 Å². The van der Waals surface area contributed by atoms with Gasteiger partial charge < -0.3 is 20.9 Å². The van der Waals surface area contributed by atoms with E-state index in [0.717, 1.165) is 45.4 Å². The highest BCUT2D eigenvalue weighted by Crippen LogP contribution is 1.98. The van der Waals surface area contributed by atoms with E-state index in [1.54, 1.807) is 0 Å². The summed E-state index contributed by atoms with van der Waals surface area (Å²) in [4.78, 5) is 10.3. The van der Waals surface area contributed by atoms with Crippen LogP contribution in [0.4, 0.5) is 0 Å². The third kappa shape index (κ3) is 17.3. The van der Waals surface area contributed by atoms with Crippen LogP contribution < -0.4 is 16.1 Å². The predicted octanol–water partition coefficient (Wildman–Crippen LogP) is 1.35. The summed E-state index contributed by atoms with van der Waals surface area (Å²) < 4.78 is 0. The summed E-state index contributed by atoms with van der Waals surface area (Å²) in [5.41, 5.74) is 2.14. The van der Waals surface area contributed by atoms with E-state index in [0.29, 0.717) is 6.54 Å². The number of hydroxylamine groups is 1. The number of unbranched alkanes of at least 4 members (excludes halogenated alkanes) is 4. The molecule has 0 rings (SSSR count). The van der Waals surface area contributed by atoms with E-state index in [-0.39, 0.29) is 6.42 Å². The quantitative estimate of drug-likeness (QED) is 0.217. The summed E-state index contributed by atoms with van der Waals surface area (Å²) in [7, 11) is 0. The van der Waals surface area contributed by atoms with E-state index < -0.39 is 5.97 Å². The van der Waals surface area contributed by atoms with Crippen LogP contribution in [-0.2, 0) is 4.79 Å². The molecule has 0 aromatic heterocycles. The van der Waals surface area contributed by atoms with E-state index in [9.17, 15) is 4.79 Å². The molecule has 0 aliphatic carbocycles. The Balaban J connectivity index is 2.94. The number of hydrogen-bond donors (Lipinski definition) is 5. The minimum Gasteiger partial charge on any atom is -0.481 e. The first-order valence-electron chi connectivity index (χ1n) is 7.77. The number of nitrogens with one attached hydrogen (secondary N) is 3. The van der Waals surface area contributed by atoms with Crippen molar-refractivity contribution in [1.82, 2.24) is 16.1 Å². The van der Waals surface area contributed by atoms with Gasteiger partial charge in [0.05, 0.1) is 0 Å². The Kier molecular flexibility index (Phi) is 15.8. The van der Waals surface area contributed by atoms with Gasteiger partial charge in [-0.15, -0.1) is 0 Å². The number of hydrogen-bond acceptors (Lipinski definition) is 5. The van der Waals surface area contributed by atoms with Gasteiger partial charge in [0.2, 0.25) is 0 Å². The van der Waals surface area contributed by atoms with Crippen molar-refractivity contribution < 1.29 is 15.1 Å². The second-order valence-electron chi connectivity index (χ2n) is 5.03. The van der Waals surface area contributed by atoms with Gasteiger partial charge >= 0.3 is 5.97 Å². The molecule has 20 heavy (non-hydrogen) atoms. The fourth-order valence-corrected chi connectivity index (χ4v) is 1.92. The second-order valence-corrected chi connectivity index (χ2v) is 5.03. The Bertz CT molecular complexity index is 216. The molecule has 0 spiro atoms. The van der Waals surface area contributed by atoms with Crippen molar-refractivity contribution >= 4 is 5.97 Å². The summed E-state index contributed by atoms with van der Waals surface area (Å²) in [5.74, 6) is -0.703. The summed E-state index contributed by atoms with van der Waals surface area (Å²) in [5, 5.41) is 23.5. The van der Waals surface area contributed by atoms with Crippen molar-refractivity contribution in [3.63, 3.8) is 0 Å². The lowest BCUT2D eigenvalue weighted by Crippen LogP contribution is -2.21. The van der Waals surface area contributed by atoms with Crippen molar-refractivity contribution in [2.24, 2.45) is 0 Å². The first-order chi connectivity index (χ1) is 9.77. The smallest absolute Gasteiger partial charge is 0.303 e. The normalized spacial score (nSPS) is 10.8. The van der Waals surface area contributed by atoms with Crippen molar-refractivity contribution in [3.05, 3.63) is 0 Å². The summed E-state index contributed by atoms with van der Waals surface area (Å²) >= 11 is 0. The number of carboxylic acids is 1. The van der Waals surface area contributed by atoms with Gasteiger partial charge in [-0.25, -0.2) is 5.48 Å². The zero-order valence-corrected chi connectivity index (χ0v) is 12.5. The van der Waals surface area contributed by atoms with E-state index in [1.807, 2.05) is 0 Å². The predicted molar refractivity (Wildman–Crippen MR) is 80.1 cm³/mol. The van der Waals surface area contributed by atoms with Crippen LogP contribution in [0.25, 0.3) is 0 Å². The zero-order chi connectivity index (χ0) is 14.9. The summed E-state index contributed by atoms with van der Waals surface area (Å²) in [6, 6.07) is 0. The van der Waals surface area contributed by atoms with Crippen molar-refractivity contribution in [3.8, 4) is 0 Å². The van der Waals surface area contributed by atoms with Gasteiger partial charge in [-0.1, -0.05) is 12.8 Å². The van der Waals surface area contributed by atoms with Crippen molar-refractivity contribution in [2.45, 2.75) is 51.4 Å². The molecule has 0 unspecified atom stereocenters. The highest BCUT2D eigenvalue weighted by atomic mass is 16.5. The molecule has 120 valence electrons. The molecule has 0 aliphatic rings. The molecule has 0 aliphatic heterocycles. The molecule has 0 radical (unpaired) electrons. The Morgan fingerprint density at radius 2 is 1.20 bits per heavy atom. The largest absolute Gasteiger partial charge is 0.481 e. The highest BCUT2D eigenvalue weighted by molar-refractivity contribution is 5.66. The van der Waals surface area contributed by atoms with E-state index in [1.165, 1.54) is 25.7 Å². The van der Waals surface area contributed by atoms with Crippen LogP contribution in [0.5, 0.6) is 0 Å². The highest BCUT2D eigenvalue weighted by Gasteiger charge is 1.96. The second kappa shape index (κ2) is 16.4. The van der Waals surface area contributed by atoms with Crippen LogP contribution in [0, 0.1) is 0 Å². The Morgan fingerprint density at radius 1 is 0.700 bits per heavy atom. The lowest BCUT2D eigenvalue weighted by atomic mass is 10.2. The standard InChI is InChI=1S/C14H31N3O3/c18-14(19)8-3-6-11-15-9-4-1-2-5-10-16-12-7-13-17-20/h15-17,20H,1-13H2,(H,18,19). The average Bonchev–Trinajstić information content (AvgIpc) is 2.43. The molecule has 0 amide bonds. The van der Waals surface area contributed by atoms with E-state index in [4.69, 9.17) is 10.3 Å². The molecule has 0 saturated carbocycles. The summed E-state index contributed by atoms with van der Waals surface area (Å²) in [6.07, 6.45) is 7.80. The zero-order valence-electron chi connectivity index (χ0n) is 12.5. The van der Waals surface area contributed by atoms with Crippen LogP contribution in [-0.4, -0.2) is 49.0 Å². The molecule has 6 nitrogen and oxygen atoms in total. The van der Waals surface area contributed by atoms with Crippen LogP contribution in [0.2, 0.25) is 0 Å². The fourth-order valence-electron chi connectivity index (χ4n) is 1.92. The monoisotopic (exact) mass is 289 g/mol. The van der Waals surface area contributed by atoms with Gasteiger partial charge in [-0.05, 0) is 58.3 Å². The molecule has 6 heteroatoms. The first-order valence-corrected chi connectivity index (χ1v) is 7.77. The van der Waals surface area contributed by atoms with Crippen LogP contribution in [0.1, 0.15) is 51.4 Å². The molecule has 0 saturated heterocycles. The SMILES string of the molecule is O=C(O)CCCCNCCCCCCNCCCNO. The molecule has 0 fully saturated rings. The molecule has 0 bridgehead atoms. The maximum atomic E-state index is 10.3. The van der Waals surface area contributed by atoms with E-state index >= 15 is 0 Å². The fraction of sp³-hybridized carbons (Fsp3) is 0.929. The minimum absolute atomic E-state index is 0.281. The van der Waals surface area contributed by atoms with Crippen LogP contribution in [0.3, 0.4) is 0 Å². The van der Waals surface area contributed by atoms with Crippen molar-refractivity contribution in [2.75, 3.05) is 32.7 Å². The molecular formula is C14H31N3O3. The van der Waals surface area contributed by atoms with Gasteiger partial charge in [0.1, 0.15) is 0 Å². The van der Waals surface area contributed by atoms with Crippen molar-refractivity contribution in [1.29, 1.82) is 0 Å². The molecule has 0 aromatic carbocycles. The maximum absolute atomic E-state index is 10.3. The maximum Gasteiger partial charge on any atom is 0.303 e. The Labute approximate surface area is 122 Å². The first kappa shape index (κ1) is 19.3. The van der Waals surface area contributed by atoms with Gasteiger partial charge in [-0.3, -0.25) is 4.79 Å². The number of carbonyl (C=O) groups is 1. The molecule has 0 atom stereocenters. The average molecular weight is 289 g/mol. The van der Waals surface area contributed by atoms with Gasteiger partial charge in [-0.2, -0.15) is 0 Å². The number of carboxylic acid groups (broad SMARTS) is 1. The number of aliphatic carboxylic acids is 1. The van der Waals surface area contributed by atoms with E-state index in [2.05, 4.69) is 16.1 Å². The van der Waals surface area contributed by atoms with Gasteiger partial charge in [0, 0.05) is 13.0 Å². The molecular weight excluding hydrogens is 258 g/mol. The van der Waals surface area contributed by atoms with Crippen LogP contribution >= 0.6 is 0 Å². The molecule has 5 N–H and O–H groups in total. The third-order valence-electron chi connectivity index (χ3n) is 3.09. The van der Waals surface area contributed by atoms with Gasteiger partial charge in [0.15, 0.2) is 0 Å². The lowest BCUT2D eigenvalue weighted by molar-refractivity contribution is -0.137. The molecule has 0 aromatic rings. The number of rotatable bonds is 16. The molecule has 0 heterocycles.